The summed E-state index contributed by atoms with van der Waals surface area (Å²) in [5.41, 5.74) is 8.10. The molecule has 1 aliphatic heterocycles. The lowest BCUT2D eigenvalue weighted by molar-refractivity contribution is -0.124. The normalized spacial score (nSPS) is 18.9. The molecule has 0 unspecified atom stereocenters. The fourth-order valence-corrected chi connectivity index (χ4v) is 6.85. The van der Waals surface area contributed by atoms with E-state index in [-0.39, 0.29) is 18.5 Å². The molecule has 1 aromatic heterocycles. The molecule has 0 atom stereocenters. The van der Waals surface area contributed by atoms with E-state index in [1.54, 1.807) is 0 Å². The smallest absolute Gasteiger partial charge is 0.267 e. The topological polar surface area (TPSA) is 80.7 Å². The van der Waals surface area contributed by atoms with Gasteiger partial charge in [0.05, 0.1) is 10.6 Å². The van der Waals surface area contributed by atoms with Crippen molar-refractivity contribution in [2.45, 2.75) is 44.7 Å². The van der Waals surface area contributed by atoms with Crippen molar-refractivity contribution < 1.29 is 9.59 Å². The first-order valence-corrected chi connectivity index (χ1v) is 14.4. The maximum absolute atomic E-state index is 13.9. The van der Waals surface area contributed by atoms with Crippen LogP contribution < -0.4 is 5.73 Å². The lowest BCUT2D eigenvalue weighted by Gasteiger charge is -2.30. The number of amidine groups is 1. The number of primary amides is 1. The highest BCUT2D eigenvalue weighted by molar-refractivity contribution is 9.10. The molecule has 8 heteroatoms. The molecule has 192 valence electrons. The molecule has 38 heavy (non-hydrogen) atoms. The second-order valence-electron chi connectivity index (χ2n) is 9.84. The zero-order chi connectivity index (χ0) is 26.2. The van der Waals surface area contributed by atoms with Gasteiger partial charge in [-0.05, 0) is 71.8 Å². The Kier molecular flexibility index (Phi) is 6.84. The van der Waals surface area contributed by atoms with E-state index in [4.69, 9.17) is 10.7 Å². The third kappa shape index (κ3) is 4.90. The summed E-state index contributed by atoms with van der Waals surface area (Å²) in [4.78, 5) is 33.1. The summed E-state index contributed by atoms with van der Waals surface area (Å²) in [6, 6.07) is 20.4. The lowest BCUT2D eigenvalue weighted by Crippen LogP contribution is -2.40. The second kappa shape index (κ2) is 10.4. The molecule has 1 aliphatic carbocycles. The van der Waals surface area contributed by atoms with Crippen LogP contribution in [0.4, 0.5) is 5.69 Å². The van der Waals surface area contributed by atoms with Crippen molar-refractivity contribution >= 4 is 78.1 Å². The van der Waals surface area contributed by atoms with E-state index in [9.17, 15) is 9.59 Å². The van der Waals surface area contributed by atoms with Gasteiger partial charge in [-0.15, -0.1) is 0 Å². The van der Waals surface area contributed by atoms with Gasteiger partial charge in [-0.2, -0.15) is 0 Å². The van der Waals surface area contributed by atoms with Crippen LogP contribution in [0.2, 0.25) is 0 Å². The van der Waals surface area contributed by atoms with E-state index >= 15 is 0 Å². The highest BCUT2D eigenvalue weighted by Crippen LogP contribution is 2.40. The third-order valence-electron chi connectivity index (χ3n) is 7.22. The Morgan fingerprint density at radius 2 is 1.84 bits per heavy atom. The Bertz CT molecular complexity index is 1630. The molecule has 0 bridgehead atoms. The average Bonchev–Trinajstić information content (AvgIpc) is 3.40. The molecule has 2 fully saturated rings. The van der Waals surface area contributed by atoms with Gasteiger partial charge in [0.1, 0.15) is 6.54 Å². The van der Waals surface area contributed by atoms with Crippen LogP contribution in [-0.2, 0) is 16.1 Å². The van der Waals surface area contributed by atoms with Gasteiger partial charge in [0, 0.05) is 33.2 Å². The fraction of sp³-hybridized carbons (Fsp3) is 0.233. The van der Waals surface area contributed by atoms with Crippen LogP contribution in [0.3, 0.4) is 0 Å². The number of nitrogens with two attached hydrogens (primary N) is 1. The van der Waals surface area contributed by atoms with Gasteiger partial charge in [0.2, 0.25) is 5.91 Å². The summed E-state index contributed by atoms with van der Waals surface area (Å²) in [5.74, 6) is -0.421. The summed E-state index contributed by atoms with van der Waals surface area (Å²) in [5, 5.41) is 3.96. The number of halogens is 1. The van der Waals surface area contributed by atoms with Crippen molar-refractivity contribution in [3.63, 3.8) is 0 Å². The zero-order valence-electron chi connectivity index (χ0n) is 20.8. The first kappa shape index (κ1) is 24.9. The number of benzene rings is 3. The van der Waals surface area contributed by atoms with E-state index < -0.39 is 5.91 Å². The van der Waals surface area contributed by atoms with Gasteiger partial charge in [-0.25, -0.2) is 4.99 Å². The maximum atomic E-state index is 13.9. The van der Waals surface area contributed by atoms with Crippen molar-refractivity contribution in [1.29, 1.82) is 0 Å². The van der Waals surface area contributed by atoms with Crippen molar-refractivity contribution in [3.8, 4) is 0 Å². The summed E-state index contributed by atoms with van der Waals surface area (Å²) in [6.45, 7) is 0.0747. The first-order chi connectivity index (χ1) is 18.5. The van der Waals surface area contributed by atoms with Crippen LogP contribution in [0.5, 0.6) is 0 Å². The van der Waals surface area contributed by atoms with E-state index in [1.807, 2.05) is 58.1 Å². The van der Waals surface area contributed by atoms with Crippen molar-refractivity contribution in [3.05, 3.63) is 81.8 Å². The molecular weight excluding hydrogens is 560 g/mol. The van der Waals surface area contributed by atoms with Crippen molar-refractivity contribution in [1.82, 2.24) is 9.47 Å². The third-order valence-corrected chi connectivity index (χ3v) is 8.70. The maximum Gasteiger partial charge on any atom is 0.267 e. The van der Waals surface area contributed by atoms with Gasteiger partial charge in [-0.1, -0.05) is 65.5 Å². The van der Waals surface area contributed by atoms with Crippen LogP contribution in [0, 0.1) is 0 Å². The number of amides is 2. The van der Waals surface area contributed by atoms with Gasteiger partial charge >= 0.3 is 0 Å². The standard InChI is InChI=1S/C30H27BrN4O2S/c31-22-11-13-26-25(16-22)21(17-34(26)18-28(32)36)15-27-29(37)35(24-8-2-1-3-9-24)30(38-27)33-23-12-10-19-6-4-5-7-20(19)14-23/h4-7,10-17,24H,1-3,8-9,18H2,(H2,32,36)/b27-15-,33-30?. The Balaban J connectivity index is 1.43. The molecule has 2 N–H and O–H groups in total. The van der Waals surface area contributed by atoms with Crippen LogP contribution in [0.15, 0.2) is 81.2 Å². The highest BCUT2D eigenvalue weighted by atomic mass is 79.9. The molecule has 4 aromatic rings. The van der Waals surface area contributed by atoms with Gasteiger partial charge in [0.15, 0.2) is 5.17 Å². The van der Waals surface area contributed by atoms with Crippen LogP contribution in [0.25, 0.3) is 27.8 Å². The van der Waals surface area contributed by atoms with Crippen LogP contribution >= 0.6 is 27.7 Å². The number of hydrogen-bond donors (Lipinski definition) is 1. The Hall–Kier alpha value is -3.36. The molecule has 3 aromatic carbocycles. The molecule has 2 amide bonds. The fourth-order valence-electron chi connectivity index (χ4n) is 5.43. The lowest BCUT2D eigenvalue weighted by atomic mass is 9.94. The summed E-state index contributed by atoms with van der Waals surface area (Å²) in [6.07, 6.45) is 9.25. The predicted octanol–water partition coefficient (Wildman–Crippen LogP) is 6.98. The van der Waals surface area contributed by atoms with Crippen molar-refractivity contribution in [2.75, 3.05) is 0 Å². The van der Waals surface area contributed by atoms with E-state index in [1.165, 1.54) is 18.2 Å². The number of hydrogen-bond acceptors (Lipinski definition) is 4. The average molecular weight is 588 g/mol. The number of thioether (sulfide) groups is 1. The van der Waals surface area contributed by atoms with Crippen molar-refractivity contribution in [2.24, 2.45) is 10.7 Å². The molecule has 2 heterocycles. The summed E-state index contributed by atoms with van der Waals surface area (Å²) >= 11 is 4.98. The van der Waals surface area contributed by atoms with E-state index in [0.717, 1.165) is 68.2 Å². The van der Waals surface area contributed by atoms with Gasteiger partial charge < -0.3 is 10.3 Å². The largest absolute Gasteiger partial charge is 0.368 e. The van der Waals surface area contributed by atoms with E-state index in [0.29, 0.717) is 4.91 Å². The molecule has 1 saturated carbocycles. The number of aromatic nitrogens is 1. The molecular formula is C30H27BrN4O2S. The monoisotopic (exact) mass is 586 g/mol. The van der Waals surface area contributed by atoms with Gasteiger partial charge in [-0.3, -0.25) is 14.5 Å². The number of carbonyl (C=O) groups excluding carboxylic acids is 2. The highest BCUT2D eigenvalue weighted by Gasteiger charge is 2.38. The number of carbonyl (C=O) groups is 2. The SMILES string of the molecule is NC(=O)Cn1cc(/C=C2\SC(=Nc3ccc4ccccc4c3)N(C3CCCCC3)C2=O)c2cc(Br)ccc21. The first-order valence-electron chi connectivity index (χ1n) is 12.8. The number of rotatable bonds is 5. The number of nitrogens with zero attached hydrogens (tertiary/aromatic N) is 3. The number of fused-ring (bicyclic) bond motifs is 2. The number of aliphatic imine (C=N–C) groups is 1. The summed E-state index contributed by atoms with van der Waals surface area (Å²) < 4.78 is 2.76. The molecule has 6 rings (SSSR count). The molecule has 1 saturated heterocycles. The molecule has 6 nitrogen and oxygen atoms in total. The zero-order valence-corrected chi connectivity index (χ0v) is 23.2. The van der Waals surface area contributed by atoms with E-state index in [2.05, 4.69) is 40.2 Å². The molecule has 0 radical (unpaired) electrons. The minimum atomic E-state index is -0.413. The Labute approximate surface area is 233 Å². The summed E-state index contributed by atoms with van der Waals surface area (Å²) in [7, 11) is 0. The quantitative estimate of drug-likeness (QED) is 0.256. The molecule has 2 aliphatic rings. The second-order valence-corrected chi connectivity index (χ2v) is 11.8. The Morgan fingerprint density at radius 1 is 1.05 bits per heavy atom. The van der Waals surface area contributed by atoms with Crippen LogP contribution in [-0.4, -0.2) is 32.5 Å². The van der Waals surface area contributed by atoms with Gasteiger partial charge in [0.25, 0.3) is 5.91 Å². The van der Waals surface area contributed by atoms with Crippen LogP contribution in [0.1, 0.15) is 37.7 Å². The minimum Gasteiger partial charge on any atom is -0.368 e. The predicted molar refractivity (Wildman–Crippen MR) is 159 cm³/mol. The minimum absolute atomic E-state index is 0.00719. The molecule has 0 spiro atoms. The Morgan fingerprint density at radius 3 is 2.63 bits per heavy atom.